The zero-order valence-electron chi connectivity index (χ0n) is 15.1. The van der Waals surface area contributed by atoms with Crippen molar-refractivity contribution in [1.82, 2.24) is 0 Å². The number of fused-ring (bicyclic) bond motifs is 3. The van der Waals surface area contributed by atoms with Gasteiger partial charge in [-0.1, -0.05) is 0 Å². The van der Waals surface area contributed by atoms with Crippen LogP contribution in [0.25, 0.3) is 0 Å². The molecule has 0 aromatic heterocycles. The van der Waals surface area contributed by atoms with Crippen LogP contribution in [0, 0.1) is 11.6 Å². The van der Waals surface area contributed by atoms with E-state index in [1.807, 2.05) is 0 Å². The number of nitrogens with zero attached hydrogens (tertiary/aromatic N) is 1. The predicted molar refractivity (Wildman–Crippen MR) is 103 cm³/mol. The van der Waals surface area contributed by atoms with E-state index >= 15 is 0 Å². The van der Waals surface area contributed by atoms with Gasteiger partial charge >= 0.3 is 11.4 Å². The summed E-state index contributed by atoms with van der Waals surface area (Å²) in [6.07, 6.45) is -0.683. The van der Waals surface area contributed by atoms with Crippen LogP contribution in [0.4, 0.5) is 20.2 Å². The third-order valence-electron chi connectivity index (χ3n) is 5.58. The van der Waals surface area contributed by atoms with Crippen molar-refractivity contribution >= 4 is 32.6 Å². The highest BCUT2D eigenvalue weighted by molar-refractivity contribution is 7.91. The number of sulfone groups is 1. The number of halogens is 2. The average molecular weight is 441 g/mol. The van der Waals surface area contributed by atoms with Crippen molar-refractivity contribution in [3.8, 4) is 0 Å². The minimum absolute atomic E-state index is 0.248. The second-order valence-corrected chi connectivity index (χ2v) is 10.4. The highest BCUT2D eigenvalue weighted by atomic mass is 32.2. The molecule has 0 N–H and O–H groups in total. The van der Waals surface area contributed by atoms with Crippen molar-refractivity contribution in [3.63, 3.8) is 0 Å². The maximum Gasteiger partial charge on any atom is 0.305 e. The first-order valence-corrected chi connectivity index (χ1v) is 12.0. The Morgan fingerprint density at radius 1 is 0.931 bits per heavy atom. The molecule has 0 spiro atoms. The van der Waals surface area contributed by atoms with Crippen LogP contribution < -0.4 is 4.90 Å². The third kappa shape index (κ3) is 3.37. The van der Waals surface area contributed by atoms with Crippen LogP contribution in [0.5, 0.6) is 0 Å². The van der Waals surface area contributed by atoms with E-state index in [0.717, 1.165) is 0 Å². The third-order valence-corrected chi connectivity index (χ3v) is 8.05. The highest BCUT2D eigenvalue weighted by Gasteiger charge is 2.51. The molecule has 0 radical (unpaired) electrons. The Balaban J connectivity index is 1.71. The van der Waals surface area contributed by atoms with Gasteiger partial charge in [-0.3, -0.25) is 8.37 Å². The first-order chi connectivity index (χ1) is 13.8. The maximum atomic E-state index is 13.9. The van der Waals surface area contributed by atoms with Crippen LogP contribution >= 0.6 is 0 Å². The summed E-state index contributed by atoms with van der Waals surface area (Å²) in [5.74, 6) is -1.34. The van der Waals surface area contributed by atoms with E-state index in [0.29, 0.717) is 35.3 Å². The Hall–Kier alpha value is -1.88. The number of benzene rings is 2. The van der Waals surface area contributed by atoms with Crippen molar-refractivity contribution in [2.45, 2.75) is 31.1 Å². The van der Waals surface area contributed by atoms with E-state index in [2.05, 4.69) is 0 Å². The van der Waals surface area contributed by atoms with Gasteiger partial charge in [0.2, 0.25) is 0 Å². The molecule has 0 bridgehead atoms. The van der Waals surface area contributed by atoms with E-state index in [-0.39, 0.29) is 11.5 Å². The average Bonchev–Trinajstić information content (AvgIpc) is 2.93. The zero-order valence-corrected chi connectivity index (χ0v) is 16.7. The Kier molecular flexibility index (Phi) is 4.50. The first-order valence-electron chi connectivity index (χ1n) is 9.13. The molecule has 10 heteroatoms. The molecule has 2 saturated heterocycles. The van der Waals surface area contributed by atoms with Crippen molar-refractivity contribution in [1.29, 1.82) is 0 Å². The molecule has 3 heterocycles. The second-order valence-electron chi connectivity index (χ2n) is 7.46. The van der Waals surface area contributed by atoms with Crippen molar-refractivity contribution < 1.29 is 29.8 Å². The molecular weight excluding hydrogens is 424 g/mol. The monoisotopic (exact) mass is 441 g/mol. The molecule has 0 amide bonds. The molecule has 2 aromatic rings. The van der Waals surface area contributed by atoms with Gasteiger partial charge < -0.3 is 4.90 Å². The Morgan fingerprint density at radius 3 is 2.10 bits per heavy atom. The molecule has 154 valence electrons. The van der Waals surface area contributed by atoms with E-state index in [1.165, 1.54) is 24.3 Å². The Morgan fingerprint density at radius 2 is 1.52 bits per heavy atom. The standard InChI is InChI=1S/C19H17F2NO5S2/c20-13-3-5-15-11(7-13)1-2-12-8-14(21)4-6-16(12)22(15)17-9-29(24,25)10-18-19(17)27-28(23)26-18/h3-8,17-19H,1-2,9-10H2/t17-,18-,19+,28?/m0/s1. The van der Waals surface area contributed by atoms with Gasteiger partial charge in [0, 0.05) is 11.4 Å². The number of aryl methyl sites for hydroxylation is 2. The molecule has 4 atom stereocenters. The lowest BCUT2D eigenvalue weighted by Crippen LogP contribution is -2.56. The van der Waals surface area contributed by atoms with Crippen LogP contribution in [-0.2, 0) is 42.4 Å². The maximum absolute atomic E-state index is 13.9. The van der Waals surface area contributed by atoms with Crippen LogP contribution in [0.2, 0.25) is 0 Å². The molecule has 1 unspecified atom stereocenters. The Labute approximate surface area is 169 Å². The SMILES string of the molecule is O=S1O[C@H]2[C@H](CS(=O)(=O)C[C@@H]2N2c3ccc(F)cc3CCc3cc(F)ccc32)O1. The molecule has 3 aliphatic rings. The summed E-state index contributed by atoms with van der Waals surface area (Å²) in [4.78, 5) is 1.76. The van der Waals surface area contributed by atoms with Crippen LogP contribution in [0.15, 0.2) is 36.4 Å². The minimum Gasteiger partial charge on any atom is -0.334 e. The molecule has 6 nitrogen and oxygen atoms in total. The Bertz CT molecular complexity index is 1070. The van der Waals surface area contributed by atoms with E-state index in [1.54, 1.807) is 17.0 Å². The summed E-state index contributed by atoms with van der Waals surface area (Å²) in [5.41, 5.74) is 2.61. The lowest BCUT2D eigenvalue weighted by Gasteiger charge is -2.40. The molecule has 2 aromatic carbocycles. The molecule has 29 heavy (non-hydrogen) atoms. The van der Waals surface area contributed by atoms with Gasteiger partial charge in [0.15, 0.2) is 9.84 Å². The van der Waals surface area contributed by atoms with Crippen molar-refractivity contribution in [2.24, 2.45) is 0 Å². The van der Waals surface area contributed by atoms with Gasteiger partial charge in [0.25, 0.3) is 0 Å². The topological polar surface area (TPSA) is 72.9 Å². The molecule has 3 aliphatic heterocycles. The van der Waals surface area contributed by atoms with Gasteiger partial charge in [0.1, 0.15) is 23.8 Å². The van der Waals surface area contributed by atoms with Gasteiger partial charge in [-0.05, 0) is 60.4 Å². The summed E-state index contributed by atoms with van der Waals surface area (Å²) < 4.78 is 75.5. The largest absolute Gasteiger partial charge is 0.334 e. The highest BCUT2D eigenvalue weighted by Crippen LogP contribution is 2.42. The molecule has 5 rings (SSSR count). The fourth-order valence-electron chi connectivity index (χ4n) is 4.40. The van der Waals surface area contributed by atoms with E-state index in [9.17, 15) is 21.4 Å². The van der Waals surface area contributed by atoms with Crippen molar-refractivity contribution in [2.75, 3.05) is 16.4 Å². The summed E-state index contributed by atoms with van der Waals surface area (Å²) in [6.45, 7) is 0. The second kappa shape index (κ2) is 6.83. The fraction of sp³-hybridized carbons (Fsp3) is 0.368. The minimum atomic E-state index is -3.52. The summed E-state index contributed by atoms with van der Waals surface area (Å²) >= 11 is -2.04. The predicted octanol–water partition coefficient (Wildman–Crippen LogP) is 2.36. The normalized spacial score (nSPS) is 30.2. The summed E-state index contributed by atoms with van der Waals surface area (Å²) in [6, 6.07) is 7.85. The van der Waals surface area contributed by atoms with Crippen LogP contribution in [0.3, 0.4) is 0 Å². The van der Waals surface area contributed by atoms with Gasteiger partial charge in [-0.15, -0.1) is 0 Å². The smallest absolute Gasteiger partial charge is 0.305 e. The number of anilines is 2. The lowest BCUT2D eigenvalue weighted by atomic mass is 10.0. The fourth-order valence-corrected chi connectivity index (χ4v) is 7.09. The van der Waals surface area contributed by atoms with Crippen molar-refractivity contribution in [3.05, 3.63) is 59.2 Å². The lowest BCUT2D eigenvalue weighted by molar-refractivity contribution is 0.145. The van der Waals surface area contributed by atoms with Gasteiger partial charge in [0.05, 0.1) is 17.5 Å². The first kappa shape index (κ1) is 19.1. The van der Waals surface area contributed by atoms with Crippen LogP contribution in [0.1, 0.15) is 11.1 Å². The van der Waals surface area contributed by atoms with Crippen LogP contribution in [-0.4, -0.2) is 42.4 Å². The zero-order chi connectivity index (χ0) is 20.3. The quantitative estimate of drug-likeness (QED) is 0.677. The van der Waals surface area contributed by atoms with E-state index in [4.69, 9.17) is 8.37 Å². The molecule has 0 aliphatic carbocycles. The summed E-state index contributed by atoms with van der Waals surface area (Å²) in [7, 11) is -3.52. The molecule has 2 fully saturated rings. The number of hydrogen-bond acceptors (Lipinski definition) is 6. The number of rotatable bonds is 1. The van der Waals surface area contributed by atoms with E-state index < -0.39 is 51.1 Å². The van der Waals surface area contributed by atoms with Gasteiger partial charge in [-0.2, -0.15) is 4.21 Å². The molecule has 0 saturated carbocycles. The number of hydrogen-bond donors (Lipinski definition) is 0. The summed E-state index contributed by atoms with van der Waals surface area (Å²) in [5, 5.41) is 0. The van der Waals surface area contributed by atoms with Gasteiger partial charge in [-0.25, -0.2) is 17.2 Å². The molecular formula is C19H17F2NO5S2.